The first kappa shape index (κ1) is 16.8. The molecule has 1 amide bonds. The molecule has 0 aromatic carbocycles. The molecule has 1 N–H and O–H groups in total. The van der Waals surface area contributed by atoms with E-state index in [1.807, 2.05) is 32.9 Å². The summed E-state index contributed by atoms with van der Waals surface area (Å²) in [4.78, 5) is 22.3. The number of likely N-dealkylation sites (tertiary alicyclic amines) is 1. The zero-order valence-electron chi connectivity index (χ0n) is 14.0. The second-order valence-corrected chi connectivity index (χ2v) is 7.35. The lowest BCUT2D eigenvalue weighted by molar-refractivity contribution is 0.0293. The molecule has 6 nitrogen and oxygen atoms in total. The van der Waals surface area contributed by atoms with E-state index >= 15 is 0 Å². The monoisotopic (exact) mass is 348 g/mol. The van der Waals surface area contributed by atoms with E-state index in [0.29, 0.717) is 23.9 Å². The summed E-state index contributed by atoms with van der Waals surface area (Å²) in [6, 6.07) is 5.80. The summed E-state index contributed by atoms with van der Waals surface area (Å²) in [5.74, 6) is 0. The fraction of sp³-hybridized carbons (Fsp3) is 0.471. The number of nitrogens with zero attached hydrogens (tertiary/aromatic N) is 3. The Bertz CT molecular complexity index is 760. The number of amides is 1. The Morgan fingerprint density at radius 1 is 1.42 bits per heavy atom. The molecule has 0 spiro atoms. The van der Waals surface area contributed by atoms with Crippen LogP contribution < -0.4 is 5.32 Å². The highest BCUT2D eigenvalue weighted by Gasteiger charge is 2.29. The third-order valence-electron chi connectivity index (χ3n) is 3.72. The topological polar surface area (TPSA) is 67.3 Å². The minimum absolute atomic E-state index is 0.178. The highest BCUT2D eigenvalue weighted by molar-refractivity contribution is 6.29. The lowest BCUT2D eigenvalue weighted by atomic mass is 10.2. The Balaban J connectivity index is 1.63. The molecule has 3 heterocycles. The van der Waals surface area contributed by atoms with Gasteiger partial charge in [0.15, 0.2) is 5.65 Å². The molecule has 2 aromatic rings. The Labute approximate surface area is 146 Å². The normalized spacial score (nSPS) is 18.0. The van der Waals surface area contributed by atoms with Crippen LogP contribution in [0.4, 0.5) is 10.5 Å². The van der Waals surface area contributed by atoms with Gasteiger partial charge in [0.2, 0.25) is 0 Å². The maximum absolute atomic E-state index is 12.1. The number of aromatic nitrogens is 2. The van der Waals surface area contributed by atoms with Crippen molar-refractivity contribution in [2.45, 2.75) is 38.8 Å². The minimum atomic E-state index is -0.473. The van der Waals surface area contributed by atoms with Crippen LogP contribution in [0.25, 0.3) is 11.0 Å². The second-order valence-electron chi connectivity index (χ2n) is 6.96. The van der Waals surface area contributed by atoms with Crippen LogP contribution in [0.15, 0.2) is 24.4 Å². The fourth-order valence-corrected chi connectivity index (χ4v) is 2.82. The van der Waals surface area contributed by atoms with E-state index in [0.717, 1.165) is 17.5 Å². The summed E-state index contributed by atoms with van der Waals surface area (Å²) in [6.07, 6.45) is 2.35. The van der Waals surface area contributed by atoms with Gasteiger partial charge in [-0.3, -0.25) is 0 Å². The van der Waals surface area contributed by atoms with E-state index in [4.69, 9.17) is 16.3 Å². The summed E-state index contributed by atoms with van der Waals surface area (Å²) in [5.41, 5.74) is 1.05. The average molecular weight is 349 g/mol. The number of carbonyl (C=O) groups is 1. The molecule has 128 valence electrons. The van der Waals surface area contributed by atoms with Crippen molar-refractivity contribution in [1.82, 2.24) is 14.9 Å². The Morgan fingerprint density at radius 2 is 2.21 bits per heavy atom. The molecular weight excluding hydrogens is 328 g/mol. The second kappa shape index (κ2) is 6.43. The molecule has 0 saturated carbocycles. The quantitative estimate of drug-likeness (QED) is 0.838. The van der Waals surface area contributed by atoms with Crippen molar-refractivity contribution in [1.29, 1.82) is 0 Å². The summed E-state index contributed by atoms with van der Waals surface area (Å²) in [5, 5.41) is 4.78. The van der Waals surface area contributed by atoms with Crippen LogP contribution in [0, 0.1) is 0 Å². The number of fused-ring (bicyclic) bond motifs is 1. The number of hydrogen-bond acceptors (Lipinski definition) is 5. The highest BCUT2D eigenvalue weighted by Crippen LogP contribution is 2.21. The SMILES string of the molecule is CC(C)(C)OC(=O)N1CC[C@H](Nc2cnc3nc(Cl)ccc3c2)C1. The van der Waals surface area contributed by atoms with Gasteiger partial charge in [-0.25, -0.2) is 14.8 Å². The molecule has 1 aliphatic rings. The van der Waals surface area contributed by atoms with Gasteiger partial charge in [0, 0.05) is 24.5 Å². The van der Waals surface area contributed by atoms with Gasteiger partial charge in [-0.05, 0) is 45.4 Å². The molecule has 0 radical (unpaired) electrons. The maximum atomic E-state index is 12.1. The van der Waals surface area contributed by atoms with E-state index in [1.165, 1.54) is 0 Å². The Kier molecular flexibility index (Phi) is 4.49. The molecule has 1 fully saturated rings. The highest BCUT2D eigenvalue weighted by atomic mass is 35.5. The van der Waals surface area contributed by atoms with Gasteiger partial charge in [-0.1, -0.05) is 11.6 Å². The molecule has 24 heavy (non-hydrogen) atoms. The number of pyridine rings is 2. The predicted molar refractivity (Wildman–Crippen MR) is 94.4 cm³/mol. The fourth-order valence-electron chi connectivity index (χ4n) is 2.67. The van der Waals surface area contributed by atoms with Gasteiger partial charge in [-0.2, -0.15) is 0 Å². The minimum Gasteiger partial charge on any atom is -0.444 e. The first-order valence-electron chi connectivity index (χ1n) is 7.97. The molecule has 1 atom stereocenters. The van der Waals surface area contributed by atoms with E-state index < -0.39 is 5.60 Å². The summed E-state index contributed by atoms with van der Waals surface area (Å²) in [6.45, 7) is 6.92. The molecule has 2 aromatic heterocycles. The largest absolute Gasteiger partial charge is 0.444 e. The predicted octanol–water partition coefficient (Wildman–Crippen LogP) is 3.70. The number of rotatable bonds is 2. The summed E-state index contributed by atoms with van der Waals surface area (Å²) in [7, 11) is 0. The third-order valence-corrected chi connectivity index (χ3v) is 3.93. The van der Waals surface area contributed by atoms with Gasteiger partial charge in [-0.15, -0.1) is 0 Å². The number of halogens is 1. The van der Waals surface area contributed by atoms with Crippen LogP contribution in [0.1, 0.15) is 27.2 Å². The molecule has 0 unspecified atom stereocenters. The van der Waals surface area contributed by atoms with E-state index in [1.54, 1.807) is 17.2 Å². The first-order valence-corrected chi connectivity index (χ1v) is 8.35. The maximum Gasteiger partial charge on any atom is 0.410 e. The van der Waals surface area contributed by atoms with Crippen molar-refractivity contribution in [3.8, 4) is 0 Å². The van der Waals surface area contributed by atoms with Gasteiger partial charge in [0.1, 0.15) is 10.8 Å². The van der Waals surface area contributed by atoms with Crippen LogP contribution in [0.2, 0.25) is 5.15 Å². The lowest BCUT2D eigenvalue weighted by Crippen LogP contribution is -2.36. The van der Waals surface area contributed by atoms with Crippen LogP contribution in [0.3, 0.4) is 0 Å². The molecule has 0 bridgehead atoms. The van der Waals surface area contributed by atoms with E-state index in [-0.39, 0.29) is 12.1 Å². The number of ether oxygens (including phenoxy) is 1. The van der Waals surface area contributed by atoms with Gasteiger partial charge in [0.05, 0.1) is 11.9 Å². The van der Waals surface area contributed by atoms with E-state index in [9.17, 15) is 4.79 Å². The van der Waals surface area contributed by atoms with Crippen LogP contribution in [0.5, 0.6) is 0 Å². The number of anilines is 1. The van der Waals surface area contributed by atoms with Crippen molar-refractivity contribution >= 4 is 34.4 Å². The average Bonchev–Trinajstić information content (AvgIpc) is 2.94. The third kappa shape index (κ3) is 4.06. The Morgan fingerprint density at radius 3 is 2.96 bits per heavy atom. The first-order chi connectivity index (χ1) is 11.3. The van der Waals surface area contributed by atoms with Crippen molar-refractivity contribution < 1.29 is 9.53 Å². The number of nitrogens with one attached hydrogen (secondary N) is 1. The van der Waals surface area contributed by atoms with Crippen molar-refractivity contribution in [2.75, 3.05) is 18.4 Å². The summed E-state index contributed by atoms with van der Waals surface area (Å²) < 4.78 is 5.42. The van der Waals surface area contributed by atoms with Crippen molar-refractivity contribution in [3.63, 3.8) is 0 Å². The smallest absolute Gasteiger partial charge is 0.410 e. The van der Waals surface area contributed by atoms with Gasteiger partial charge >= 0.3 is 6.09 Å². The molecule has 1 saturated heterocycles. The number of carbonyl (C=O) groups excluding carboxylic acids is 1. The van der Waals surface area contributed by atoms with Crippen LogP contribution >= 0.6 is 11.6 Å². The lowest BCUT2D eigenvalue weighted by Gasteiger charge is -2.24. The summed E-state index contributed by atoms with van der Waals surface area (Å²) >= 11 is 5.87. The van der Waals surface area contributed by atoms with Gasteiger partial charge in [0.25, 0.3) is 0 Å². The van der Waals surface area contributed by atoms with Crippen LogP contribution in [-0.4, -0.2) is 45.7 Å². The molecule has 7 heteroatoms. The van der Waals surface area contributed by atoms with E-state index in [2.05, 4.69) is 15.3 Å². The zero-order valence-corrected chi connectivity index (χ0v) is 14.8. The molecule has 0 aliphatic carbocycles. The molecule has 3 rings (SSSR count). The van der Waals surface area contributed by atoms with Crippen molar-refractivity contribution in [3.05, 3.63) is 29.5 Å². The van der Waals surface area contributed by atoms with Crippen molar-refractivity contribution in [2.24, 2.45) is 0 Å². The Hall–Kier alpha value is -2.08. The zero-order chi connectivity index (χ0) is 17.3. The molecule has 1 aliphatic heterocycles. The standard InChI is InChI=1S/C17H21ClN4O2/c1-17(2,3)24-16(23)22-7-6-12(10-22)20-13-8-11-4-5-14(18)21-15(11)19-9-13/h4-5,8-9,12,20H,6-7,10H2,1-3H3/t12-/m0/s1. The molecular formula is C17H21ClN4O2. The van der Waals surface area contributed by atoms with Crippen LogP contribution in [-0.2, 0) is 4.74 Å². The van der Waals surface area contributed by atoms with Gasteiger partial charge < -0.3 is 15.0 Å². The number of hydrogen-bond donors (Lipinski definition) is 1.